The molecule has 4 heteroatoms. The molecule has 0 fully saturated rings. The summed E-state index contributed by atoms with van der Waals surface area (Å²) in [5, 5.41) is 0. The van der Waals surface area contributed by atoms with Crippen LogP contribution in [-0.4, -0.2) is 5.91 Å². The standard InChI is InChI=1S/C17H17F2NO/c1-17(11-16(20)21,13-4-8-15(19)9-5-13)10-12-2-6-14(18)7-3-12/h2-9H,10-11H2,1H3,(H2,20,21). The van der Waals surface area contributed by atoms with Crippen LogP contribution in [0.1, 0.15) is 24.5 Å². The summed E-state index contributed by atoms with van der Waals surface area (Å²) >= 11 is 0. The number of carbonyl (C=O) groups excluding carboxylic acids is 1. The molecule has 0 heterocycles. The monoisotopic (exact) mass is 289 g/mol. The number of amides is 1. The summed E-state index contributed by atoms with van der Waals surface area (Å²) in [5.74, 6) is -1.07. The van der Waals surface area contributed by atoms with Gasteiger partial charge in [0.25, 0.3) is 0 Å². The van der Waals surface area contributed by atoms with E-state index < -0.39 is 11.3 Å². The summed E-state index contributed by atoms with van der Waals surface area (Å²) in [4.78, 5) is 11.4. The average Bonchev–Trinajstić information content (AvgIpc) is 2.41. The van der Waals surface area contributed by atoms with Gasteiger partial charge in [-0.3, -0.25) is 4.79 Å². The Morgan fingerprint density at radius 1 is 1.00 bits per heavy atom. The minimum Gasteiger partial charge on any atom is -0.370 e. The largest absolute Gasteiger partial charge is 0.370 e. The summed E-state index contributed by atoms with van der Waals surface area (Å²) < 4.78 is 26.1. The van der Waals surface area contributed by atoms with E-state index in [9.17, 15) is 13.6 Å². The number of nitrogens with two attached hydrogens (primary N) is 1. The molecule has 1 unspecified atom stereocenters. The van der Waals surface area contributed by atoms with Gasteiger partial charge >= 0.3 is 0 Å². The number of hydrogen-bond donors (Lipinski definition) is 1. The van der Waals surface area contributed by atoms with Gasteiger partial charge in [0.15, 0.2) is 0 Å². The number of carbonyl (C=O) groups is 1. The van der Waals surface area contributed by atoms with Crippen molar-refractivity contribution in [2.45, 2.75) is 25.2 Å². The number of hydrogen-bond acceptors (Lipinski definition) is 1. The Hall–Kier alpha value is -2.23. The van der Waals surface area contributed by atoms with Gasteiger partial charge in [-0.2, -0.15) is 0 Å². The maximum Gasteiger partial charge on any atom is 0.218 e. The first kappa shape index (κ1) is 15.2. The molecule has 110 valence electrons. The van der Waals surface area contributed by atoms with E-state index in [1.54, 1.807) is 24.3 Å². The van der Waals surface area contributed by atoms with Crippen molar-refractivity contribution in [2.75, 3.05) is 0 Å². The fraction of sp³-hybridized carbons (Fsp3) is 0.235. The molecule has 0 saturated heterocycles. The Kier molecular flexibility index (Phi) is 4.36. The summed E-state index contributed by atoms with van der Waals surface area (Å²) in [5.41, 5.74) is 6.51. The van der Waals surface area contributed by atoms with E-state index in [1.165, 1.54) is 24.3 Å². The van der Waals surface area contributed by atoms with E-state index in [-0.39, 0.29) is 18.1 Å². The van der Waals surface area contributed by atoms with Crippen molar-refractivity contribution in [1.29, 1.82) is 0 Å². The first-order valence-electron chi connectivity index (χ1n) is 6.68. The number of benzene rings is 2. The Labute approximate surface area is 122 Å². The zero-order valence-electron chi connectivity index (χ0n) is 11.8. The maximum atomic E-state index is 13.1. The molecular weight excluding hydrogens is 272 g/mol. The van der Waals surface area contributed by atoms with Crippen LogP contribution >= 0.6 is 0 Å². The fourth-order valence-corrected chi connectivity index (χ4v) is 2.56. The number of primary amides is 1. The van der Waals surface area contributed by atoms with E-state index in [4.69, 9.17) is 5.73 Å². The van der Waals surface area contributed by atoms with Crippen molar-refractivity contribution in [2.24, 2.45) is 5.73 Å². The van der Waals surface area contributed by atoms with E-state index in [0.717, 1.165) is 11.1 Å². The molecule has 2 aromatic carbocycles. The van der Waals surface area contributed by atoms with Crippen molar-refractivity contribution in [3.8, 4) is 0 Å². The Bertz CT molecular complexity index is 622. The zero-order chi connectivity index (χ0) is 15.5. The van der Waals surface area contributed by atoms with Crippen LogP contribution in [0.3, 0.4) is 0 Å². The Morgan fingerprint density at radius 2 is 1.48 bits per heavy atom. The van der Waals surface area contributed by atoms with Crippen LogP contribution < -0.4 is 5.73 Å². The normalized spacial score (nSPS) is 13.7. The van der Waals surface area contributed by atoms with Crippen LogP contribution in [0.4, 0.5) is 8.78 Å². The molecule has 1 atom stereocenters. The summed E-state index contributed by atoms with van der Waals surface area (Å²) in [6, 6.07) is 12.1. The van der Waals surface area contributed by atoms with Crippen molar-refractivity contribution < 1.29 is 13.6 Å². The lowest BCUT2D eigenvalue weighted by Crippen LogP contribution is -2.31. The lowest BCUT2D eigenvalue weighted by Gasteiger charge is -2.29. The van der Waals surface area contributed by atoms with Gasteiger partial charge in [0.05, 0.1) is 0 Å². The van der Waals surface area contributed by atoms with Crippen LogP contribution in [0.15, 0.2) is 48.5 Å². The average molecular weight is 289 g/mol. The second-order valence-corrected chi connectivity index (χ2v) is 5.51. The van der Waals surface area contributed by atoms with Gasteiger partial charge in [0, 0.05) is 11.8 Å². The summed E-state index contributed by atoms with van der Waals surface area (Å²) in [6.07, 6.45) is 0.651. The highest BCUT2D eigenvalue weighted by Crippen LogP contribution is 2.32. The minimum atomic E-state index is -0.558. The highest BCUT2D eigenvalue weighted by Gasteiger charge is 2.29. The number of rotatable bonds is 5. The van der Waals surface area contributed by atoms with Crippen LogP contribution in [0.25, 0.3) is 0 Å². The lowest BCUT2D eigenvalue weighted by molar-refractivity contribution is -0.119. The Balaban J connectivity index is 2.34. The van der Waals surface area contributed by atoms with Crippen molar-refractivity contribution in [3.63, 3.8) is 0 Å². The first-order chi connectivity index (χ1) is 9.89. The summed E-state index contributed by atoms with van der Waals surface area (Å²) in [7, 11) is 0. The fourth-order valence-electron chi connectivity index (χ4n) is 2.56. The number of halogens is 2. The minimum absolute atomic E-state index is 0.135. The quantitative estimate of drug-likeness (QED) is 0.901. The molecule has 0 bridgehead atoms. The highest BCUT2D eigenvalue weighted by molar-refractivity contribution is 5.75. The van der Waals surface area contributed by atoms with Crippen LogP contribution in [0, 0.1) is 11.6 Å². The molecule has 2 aromatic rings. The molecule has 0 radical (unpaired) electrons. The highest BCUT2D eigenvalue weighted by atomic mass is 19.1. The van der Waals surface area contributed by atoms with Crippen LogP contribution in [0.5, 0.6) is 0 Å². The molecule has 1 amide bonds. The molecule has 21 heavy (non-hydrogen) atoms. The molecule has 0 aromatic heterocycles. The maximum absolute atomic E-state index is 13.1. The van der Waals surface area contributed by atoms with Gasteiger partial charge in [-0.25, -0.2) is 8.78 Å². The first-order valence-corrected chi connectivity index (χ1v) is 6.68. The smallest absolute Gasteiger partial charge is 0.218 e. The third-order valence-corrected chi connectivity index (χ3v) is 3.61. The molecule has 0 aliphatic carbocycles. The molecule has 2 N–H and O–H groups in total. The van der Waals surface area contributed by atoms with Gasteiger partial charge in [-0.05, 0) is 41.8 Å². The summed E-state index contributed by atoms with van der Waals surface area (Å²) in [6.45, 7) is 1.90. The van der Waals surface area contributed by atoms with Gasteiger partial charge in [-0.15, -0.1) is 0 Å². The lowest BCUT2D eigenvalue weighted by atomic mass is 9.74. The molecule has 2 nitrogen and oxygen atoms in total. The topological polar surface area (TPSA) is 43.1 Å². The second kappa shape index (κ2) is 6.04. The van der Waals surface area contributed by atoms with Crippen molar-refractivity contribution in [3.05, 3.63) is 71.3 Å². The van der Waals surface area contributed by atoms with Crippen LogP contribution in [0.2, 0.25) is 0 Å². The van der Waals surface area contributed by atoms with E-state index in [0.29, 0.717) is 6.42 Å². The third-order valence-electron chi connectivity index (χ3n) is 3.61. The van der Waals surface area contributed by atoms with Crippen molar-refractivity contribution in [1.82, 2.24) is 0 Å². The van der Waals surface area contributed by atoms with Gasteiger partial charge < -0.3 is 5.73 Å². The van der Waals surface area contributed by atoms with Gasteiger partial charge in [0.1, 0.15) is 11.6 Å². The van der Waals surface area contributed by atoms with Gasteiger partial charge in [-0.1, -0.05) is 31.2 Å². The molecule has 0 aliphatic heterocycles. The predicted molar refractivity (Wildman–Crippen MR) is 77.7 cm³/mol. The van der Waals surface area contributed by atoms with Gasteiger partial charge in [0.2, 0.25) is 5.91 Å². The second-order valence-electron chi connectivity index (χ2n) is 5.51. The SMILES string of the molecule is CC(CC(N)=O)(Cc1ccc(F)cc1)c1ccc(F)cc1. The molecule has 0 saturated carbocycles. The van der Waals surface area contributed by atoms with E-state index in [1.807, 2.05) is 6.92 Å². The zero-order valence-corrected chi connectivity index (χ0v) is 11.8. The molecular formula is C17H17F2NO. The van der Waals surface area contributed by atoms with Crippen LogP contribution in [-0.2, 0) is 16.6 Å². The molecule has 2 rings (SSSR count). The predicted octanol–water partition coefficient (Wildman–Crippen LogP) is 3.34. The third kappa shape index (κ3) is 3.88. The van der Waals surface area contributed by atoms with E-state index >= 15 is 0 Å². The molecule has 0 spiro atoms. The van der Waals surface area contributed by atoms with E-state index in [2.05, 4.69) is 0 Å². The van der Waals surface area contributed by atoms with Crippen molar-refractivity contribution >= 4 is 5.91 Å². The molecule has 0 aliphatic rings. The Morgan fingerprint density at radius 3 is 1.95 bits per heavy atom.